The zero-order valence-corrected chi connectivity index (χ0v) is 17.3. The van der Waals surface area contributed by atoms with E-state index in [2.05, 4.69) is 16.4 Å². The lowest BCUT2D eigenvalue weighted by Gasteiger charge is -2.04. The molecule has 5 rings (SSSR count). The molecular formula is C25H14FN3O2S. The predicted octanol–water partition coefficient (Wildman–Crippen LogP) is 6.19. The number of rotatable bonds is 4. The predicted molar refractivity (Wildman–Crippen MR) is 125 cm³/mol. The molecule has 5 nitrogen and oxygen atoms in total. The number of aromatic nitrogens is 1. The number of anilines is 1. The number of nitrogens with zero attached hydrogens (tertiary/aromatic N) is 2. The van der Waals surface area contributed by atoms with E-state index in [-0.39, 0.29) is 11.3 Å². The fourth-order valence-corrected chi connectivity index (χ4v) is 4.23. The lowest BCUT2D eigenvalue weighted by Crippen LogP contribution is -2.03. The highest BCUT2D eigenvalue weighted by Crippen LogP contribution is 2.30. The highest BCUT2D eigenvalue weighted by molar-refractivity contribution is 7.11. The first-order chi connectivity index (χ1) is 15.6. The lowest BCUT2D eigenvalue weighted by molar-refractivity contribution is 0.563. The lowest BCUT2D eigenvalue weighted by atomic mass is 10.0. The van der Waals surface area contributed by atoms with E-state index >= 15 is 0 Å². The topological polar surface area (TPSA) is 78.9 Å². The van der Waals surface area contributed by atoms with Gasteiger partial charge in [-0.05, 0) is 35.0 Å². The number of para-hydroxylation sites is 1. The third-order valence-corrected chi connectivity index (χ3v) is 5.89. The Kier molecular flexibility index (Phi) is 4.98. The van der Waals surface area contributed by atoms with Crippen LogP contribution in [0.15, 0.2) is 87.5 Å². The van der Waals surface area contributed by atoms with Gasteiger partial charge < -0.3 is 9.73 Å². The fourth-order valence-electron chi connectivity index (χ4n) is 3.44. The van der Waals surface area contributed by atoms with Crippen LogP contribution in [-0.2, 0) is 0 Å². The minimum Gasteiger partial charge on any atom is -0.422 e. The van der Waals surface area contributed by atoms with E-state index in [1.165, 1.54) is 23.6 Å². The molecule has 0 aliphatic heterocycles. The maximum Gasteiger partial charge on any atom is 0.345 e. The Balaban J connectivity index is 1.55. The number of nitrogens with one attached hydrogen (secondary N) is 1. The van der Waals surface area contributed by atoms with Gasteiger partial charge in [0.2, 0.25) is 0 Å². The summed E-state index contributed by atoms with van der Waals surface area (Å²) in [5, 5.41) is 17.3. The number of fused-ring (bicyclic) bond motifs is 3. The summed E-state index contributed by atoms with van der Waals surface area (Å²) in [6.07, 6.45) is 1.40. The van der Waals surface area contributed by atoms with Gasteiger partial charge in [0, 0.05) is 17.0 Å². The van der Waals surface area contributed by atoms with Gasteiger partial charge in [0.15, 0.2) is 0 Å². The van der Waals surface area contributed by atoms with Crippen LogP contribution in [0, 0.1) is 17.1 Å². The Morgan fingerprint density at radius 2 is 1.91 bits per heavy atom. The maximum absolute atomic E-state index is 13.8. The number of hydrogen-bond acceptors (Lipinski definition) is 6. The minimum atomic E-state index is -0.503. The maximum atomic E-state index is 13.8. The van der Waals surface area contributed by atoms with E-state index in [0.29, 0.717) is 21.8 Å². The normalized spacial score (nSPS) is 11.6. The molecule has 0 atom stereocenters. The third kappa shape index (κ3) is 3.53. The average Bonchev–Trinajstić information content (AvgIpc) is 3.30. The number of allylic oxidation sites excluding steroid dienone is 1. The largest absolute Gasteiger partial charge is 0.422 e. The standard InChI is InChI=1S/C25H14FN3O2S/c26-20-7-3-4-8-21(20)28-13-16(12-27)24-29-22(14-32-24)19-11-18-17-6-2-1-5-15(17)9-10-23(18)31-25(19)30/h1-11,13-14,28H. The molecule has 2 aromatic heterocycles. The van der Waals surface area contributed by atoms with Crippen LogP contribution < -0.4 is 10.9 Å². The molecule has 0 aliphatic carbocycles. The molecule has 32 heavy (non-hydrogen) atoms. The van der Waals surface area contributed by atoms with Crippen LogP contribution in [0.2, 0.25) is 0 Å². The van der Waals surface area contributed by atoms with Crippen molar-refractivity contribution in [3.8, 4) is 17.3 Å². The number of benzene rings is 3. The van der Waals surface area contributed by atoms with Crippen LogP contribution in [0.3, 0.4) is 0 Å². The monoisotopic (exact) mass is 439 g/mol. The van der Waals surface area contributed by atoms with Crippen LogP contribution in [0.25, 0.3) is 38.6 Å². The van der Waals surface area contributed by atoms with Crippen molar-refractivity contribution < 1.29 is 8.81 Å². The van der Waals surface area contributed by atoms with Crippen molar-refractivity contribution >= 4 is 44.3 Å². The van der Waals surface area contributed by atoms with Crippen molar-refractivity contribution in [1.82, 2.24) is 4.98 Å². The summed E-state index contributed by atoms with van der Waals surface area (Å²) in [6.45, 7) is 0. The molecule has 0 aliphatic rings. The van der Waals surface area contributed by atoms with Gasteiger partial charge in [-0.1, -0.05) is 42.5 Å². The Morgan fingerprint density at radius 1 is 1.09 bits per heavy atom. The first-order valence-corrected chi connectivity index (χ1v) is 10.6. The number of hydrogen-bond donors (Lipinski definition) is 1. The zero-order valence-electron chi connectivity index (χ0n) is 16.5. The van der Waals surface area contributed by atoms with E-state index in [9.17, 15) is 14.4 Å². The molecule has 0 saturated heterocycles. The van der Waals surface area contributed by atoms with E-state index in [4.69, 9.17) is 4.42 Å². The quantitative estimate of drug-likeness (QED) is 0.205. The summed E-state index contributed by atoms with van der Waals surface area (Å²) in [5.74, 6) is -0.429. The number of thiazole rings is 1. The molecule has 154 valence electrons. The van der Waals surface area contributed by atoms with Crippen molar-refractivity contribution in [2.45, 2.75) is 0 Å². The highest BCUT2D eigenvalue weighted by atomic mass is 32.1. The van der Waals surface area contributed by atoms with Gasteiger partial charge >= 0.3 is 5.63 Å². The average molecular weight is 439 g/mol. The van der Waals surface area contributed by atoms with Gasteiger partial charge in [-0.25, -0.2) is 14.2 Å². The first kappa shape index (κ1) is 19.7. The number of halogens is 1. The van der Waals surface area contributed by atoms with E-state index in [0.717, 1.165) is 16.2 Å². The second-order valence-corrected chi connectivity index (χ2v) is 7.84. The van der Waals surface area contributed by atoms with Gasteiger partial charge in [-0.3, -0.25) is 0 Å². The molecule has 0 radical (unpaired) electrons. The minimum absolute atomic E-state index is 0.222. The van der Waals surface area contributed by atoms with Crippen LogP contribution in [0.4, 0.5) is 10.1 Å². The van der Waals surface area contributed by atoms with Gasteiger partial charge in [0.1, 0.15) is 28.1 Å². The van der Waals surface area contributed by atoms with Gasteiger partial charge in [0.25, 0.3) is 0 Å². The van der Waals surface area contributed by atoms with Crippen molar-refractivity contribution in [1.29, 1.82) is 5.26 Å². The van der Waals surface area contributed by atoms with Crippen LogP contribution in [0.1, 0.15) is 5.01 Å². The summed E-state index contributed by atoms with van der Waals surface area (Å²) in [4.78, 5) is 17.1. The van der Waals surface area contributed by atoms with Gasteiger partial charge in [-0.15, -0.1) is 11.3 Å². The fraction of sp³-hybridized carbons (Fsp3) is 0. The third-order valence-electron chi connectivity index (χ3n) is 5.02. The Bertz CT molecular complexity index is 1610. The number of nitriles is 1. The molecule has 0 fully saturated rings. The zero-order chi connectivity index (χ0) is 22.1. The molecular weight excluding hydrogens is 425 g/mol. The second kappa shape index (κ2) is 8.10. The molecule has 7 heteroatoms. The van der Waals surface area contributed by atoms with Gasteiger partial charge in [0.05, 0.1) is 16.9 Å². The van der Waals surface area contributed by atoms with Crippen molar-refractivity contribution in [2.24, 2.45) is 0 Å². The molecule has 0 saturated carbocycles. The first-order valence-electron chi connectivity index (χ1n) is 9.67. The van der Waals surface area contributed by atoms with Crippen LogP contribution in [-0.4, -0.2) is 4.98 Å². The highest BCUT2D eigenvalue weighted by Gasteiger charge is 2.15. The van der Waals surface area contributed by atoms with Crippen LogP contribution in [0.5, 0.6) is 0 Å². The summed E-state index contributed by atoms with van der Waals surface area (Å²) in [6, 6.07) is 21.5. The SMILES string of the molecule is N#CC(=CNc1ccccc1F)c1nc(-c2cc3c(ccc4ccccc43)oc2=O)cs1. The molecule has 0 unspecified atom stereocenters. The van der Waals surface area contributed by atoms with E-state index < -0.39 is 11.4 Å². The van der Waals surface area contributed by atoms with Crippen molar-refractivity contribution in [3.63, 3.8) is 0 Å². The summed E-state index contributed by atoms with van der Waals surface area (Å²) >= 11 is 1.22. The van der Waals surface area contributed by atoms with Crippen LogP contribution >= 0.6 is 11.3 Å². The summed E-state index contributed by atoms with van der Waals surface area (Å²) < 4.78 is 19.4. The van der Waals surface area contributed by atoms with Gasteiger partial charge in [-0.2, -0.15) is 5.26 Å². The van der Waals surface area contributed by atoms with Crippen molar-refractivity contribution in [2.75, 3.05) is 5.32 Å². The molecule has 2 heterocycles. The second-order valence-electron chi connectivity index (χ2n) is 6.98. The molecule has 0 bridgehead atoms. The van der Waals surface area contributed by atoms with E-state index in [1.54, 1.807) is 35.7 Å². The smallest absolute Gasteiger partial charge is 0.345 e. The Hall–Kier alpha value is -4.28. The summed E-state index contributed by atoms with van der Waals surface area (Å²) in [7, 11) is 0. The molecule has 5 aromatic rings. The molecule has 1 N–H and O–H groups in total. The Morgan fingerprint density at radius 3 is 2.75 bits per heavy atom. The Labute approximate surface area is 185 Å². The van der Waals surface area contributed by atoms with E-state index in [1.807, 2.05) is 30.3 Å². The summed E-state index contributed by atoms with van der Waals surface area (Å²) in [5.41, 5.74) is 1.20. The molecule has 0 amide bonds. The molecule has 0 spiro atoms. The molecule has 3 aromatic carbocycles. The van der Waals surface area contributed by atoms with Crippen molar-refractivity contribution in [3.05, 3.63) is 99.6 Å².